The Morgan fingerprint density at radius 1 is 1.38 bits per heavy atom. The van der Waals surface area contributed by atoms with Gasteiger partial charge in [0.25, 0.3) is 0 Å². The molecular weight excluding hydrogens is 203 g/mol. The minimum Gasteiger partial charge on any atom is -0.328 e. The Morgan fingerprint density at radius 2 is 2.25 bits per heavy atom. The van der Waals surface area contributed by atoms with E-state index >= 15 is 0 Å². The summed E-state index contributed by atoms with van der Waals surface area (Å²) in [4.78, 5) is 4.37. The Kier molecular flexibility index (Phi) is 2.06. The lowest BCUT2D eigenvalue weighted by Gasteiger charge is -2.06. The Balaban J connectivity index is 2.11. The molecule has 82 valence electrons. The highest BCUT2D eigenvalue weighted by Crippen LogP contribution is 2.26. The van der Waals surface area contributed by atoms with Gasteiger partial charge in [-0.15, -0.1) is 0 Å². The second-order valence-electron chi connectivity index (χ2n) is 4.28. The standard InChI is InChI=1S/C13H13FN2/c1-9-4-5-10(7-11(9)14)12-8-15-13-3-2-6-16(12)13/h4-5,7-8H,2-3,6H2,1H3. The fraction of sp³-hybridized carbons (Fsp3) is 0.308. The van der Waals surface area contributed by atoms with E-state index in [9.17, 15) is 4.39 Å². The van der Waals surface area contributed by atoms with Crippen LogP contribution in [0.25, 0.3) is 11.3 Å². The molecule has 0 radical (unpaired) electrons. The van der Waals surface area contributed by atoms with Crippen LogP contribution >= 0.6 is 0 Å². The van der Waals surface area contributed by atoms with Gasteiger partial charge < -0.3 is 4.57 Å². The molecule has 2 heterocycles. The summed E-state index contributed by atoms with van der Waals surface area (Å²) < 4.78 is 15.7. The maximum Gasteiger partial charge on any atom is 0.126 e. The smallest absolute Gasteiger partial charge is 0.126 e. The number of imidazole rings is 1. The van der Waals surface area contributed by atoms with E-state index in [1.165, 1.54) is 0 Å². The van der Waals surface area contributed by atoms with E-state index in [1.54, 1.807) is 13.0 Å². The van der Waals surface area contributed by atoms with Gasteiger partial charge in [0.1, 0.15) is 11.6 Å². The number of hydrogen-bond donors (Lipinski definition) is 0. The fourth-order valence-corrected chi connectivity index (χ4v) is 2.24. The summed E-state index contributed by atoms with van der Waals surface area (Å²) in [7, 11) is 0. The molecule has 2 aromatic rings. The molecule has 0 saturated heterocycles. The summed E-state index contributed by atoms with van der Waals surface area (Å²) in [6, 6.07) is 5.37. The molecule has 1 aliphatic rings. The largest absolute Gasteiger partial charge is 0.328 e. The van der Waals surface area contributed by atoms with Crippen LogP contribution in [-0.4, -0.2) is 9.55 Å². The van der Waals surface area contributed by atoms with Crippen molar-refractivity contribution in [2.45, 2.75) is 26.3 Å². The van der Waals surface area contributed by atoms with Gasteiger partial charge in [-0.3, -0.25) is 0 Å². The summed E-state index contributed by atoms with van der Waals surface area (Å²) in [6.45, 7) is 2.78. The van der Waals surface area contributed by atoms with Crippen molar-refractivity contribution in [2.75, 3.05) is 0 Å². The molecule has 0 bridgehead atoms. The SMILES string of the molecule is Cc1ccc(-c2cnc3n2CCC3)cc1F. The van der Waals surface area contributed by atoms with E-state index < -0.39 is 0 Å². The molecule has 16 heavy (non-hydrogen) atoms. The molecule has 2 nitrogen and oxygen atoms in total. The molecule has 0 amide bonds. The molecule has 0 spiro atoms. The number of nitrogens with zero attached hydrogens (tertiary/aromatic N) is 2. The molecule has 0 atom stereocenters. The van der Waals surface area contributed by atoms with Gasteiger partial charge in [0.05, 0.1) is 11.9 Å². The van der Waals surface area contributed by atoms with E-state index in [0.717, 1.165) is 36.5 Å². The van der Waals surface area contributed by atoms with E-state index in [-0.39, 0.29) is 5.82 Å². The van der Waals surface area contributed by atoms with Crippen molar-refractivity contribution in [3.63, 3.8) is 0 Å². The highest BCUT2D eigenvalue weighted by Gasteiger charge is 2.16. The average molecular weight is 216 g/mol. The highest BCUT2D eigenvalue weighted by molar-refractivity contribution is 5.60. The number of rotatable bonds is 1. The monoisotopic (exact) mass is 216 g/mol. The third-order valence-electron chi connectivity index (χ3n) is 3.19. The molecule has 3 heteroatoms. The van der Waals surface area contributed by atoms with Crippen molar-refractivity contribution >= 4 is 0 Å². The summed E-state index contributed by atoms with van der Waals surface area (Å²) in [5, 5.41) is 0. The molecule has 0 fully saturated rings. The van der Waals surface area contributed by atoms with Crippen molar-refractivity contribution in [1.29, 1.82) is 0 Å². The van der Waals surface area contributed by atoms with Crippen LogP contribution in [0.3, 0.4) is 0 Å². The average Bonchev–Trinajstić information content (AvgIpc) is 2.83. The number of fused-ring (bicyclic) bond motifs is 1. The van der Waals surface area contributed by atoms with E-state index in [2.05, 4.69) is 9.55 Å². The first-order chi connectivity index (χ1) is 7.75. The minimum atomic E-state index is -0.147. The Morgan fingerprint density at radius 3 is 3.06 bits per heavy atom. The number of aryl methyl sites for hydroxylation is 2. The molecule has 0 saturated carbocycles. The molecule has 1 aliphatic heterocycles. The van der Waals surface area contributed by atoms with Gasteiger partial charge in [-0.1, -0.05) is 12.1 Å². The second-order valence-corrected chi connectivity index (χ2v) is 4.28. The maximum atomic E-state index is 13.5. The maximum absolute atomic E-state index is 13.5. The van der Waals surface area contributed by atoms with Crippen LogP contribution < -0.4 is 0 Å². The number of halogens is 1. The molecule has 1 aromatic heterocycles. The van der Waals surface area contributed by atoms with Crippen LogP contribution in [0.15, 0.2) is 24.4 Å². The van der Waals surface area contributed by atoms with Crippen LogP contribution in [0.1, 0.15) is 17.8 Å². The summed E-state index contributed by atoms with van der Waals surface area (Å²) in [5.74, 6) is 0.974. The van der Waals surface area contributed by atoms with Crippen molar-refractivity contribution in [3.8, 4) is 11.3 Å². The number of benzene rings is 1. The van der Waals surface area contributed by atoms with E-state index in [4.69, 9.17) is 0 Å². The third-order valence-corrected chi connectivity index (χ3v) is 3.19. The van der Waals surface area contributed by atoms with Crippen LogP contribution in [0.5, 0.6) is 0 Å². The molecular formula is C13H13FN2. The van der Waals surface area contributed by atoms with Crippen molar-refractivity contribution < 1.29 is 4.39 Å². The van der Waals surface area contributed by atoms with E-state index in [1.807, 2.05) is 18.3 Å². The zero-order chi connectivity index (χ0) is 11.1. The Hall–Kier alpha value is -1.64. The number of hydrogen-bond acceptors (Lipinski definition) is 1. The van der Waals surface area contributed by atoms with Crippen LogP contribution in [0.4, 0.5) is 4.39 Å². The molecule has 1 aromatic carbocycles. The highest BCUT2D eigenvalue weighted by atomic mass is 19.1. The minimum absolute atomic E-state index is 0.147. The first-order valence-corrected chi connectivity index (χ1v) is 5.56. The quantitative estimate of drug-likeness (QED) is 0.716. The van der Waals surface area contributed by atoms with Gasteiger partial charge in [0.2, 0.25) is 0 Å². The Labute approximate surface area is 93.7 Å². The van der Waals surface area contributed by atoms with Crippen molar-refractivity contribution in [1.82, 2.24) is 9.55 Å². The Bertz CT molecular complexity index is 543. The molecule has 0 N–H and O–H groups in total. The zero-order valence-electron chi connectivity index (χ0n) is 9.20. The summed E-state index contributed by atoms with van der Waals surface area (Å²) in [5.41, 5.74) is 2.64. The third kappa shape index (κ3) is 1.35. The molecule has 3 rings (SSSR count). The van der Waals surface area contributed by atoms with Gasteiger partial charge in [0, 0.05) is 18.5 Å². The molecule has 0 aliphatic carbocycles. The zero-order valence-corrected chi connectivity index (χ0v) is 9.20. The normalized spacial score (nSPS) is 14.1. The van der Waals surface area contributed by atoms with Gasteiger partial charge in [-0.05, 0) is 25.0 Å². The van der Waals surface area contributed by atoms with Gasteiger partial charge in [-0.25, -0.2) is 9.37 Å². The fourth-order valence-electron chi connectivity index (χ4n) is 2.24. The predicted molar refractivity (Wildman–Crippen MR) is 60.7 cm³/mol. The molecule has 0 unspecified atom stereocenters. The first kappa shape index (κ1) is 9.58. The van der Waals surface area contributed by atoms with Crippen LogP contribution in [0.2, 0.25) is 0 Å². The first-order valence-electron chi connectivity index (χ1n) is 5.56. The predicted octanol–water partition coefficient (Wildman–Crippen LogP) is 2.94. The van der Waals surface area contributed by atoms with Gasteiger partial charge in [0.15, 0.2) is 0 Å². The summed E-state index contributed by atoms with van der Waals surface area (Å²) >= 11 is 0. The topological polar surface area (TPSA) is 17.8 Å². The summed E-state index contributed by atoms with van der Waals surface area (Å²) in [6.07, 6.45) is 4.03. The van der Waals surface area contributed by atoms with Crippen molar-refractivity contribution in [3.05, 3.63) is 41.6 Å². The van der Waals surface area contributed by atoms with Gasteiger partial charge in [-0.2, -0.15) is 0 Å². The second kappa shape index (κ2) is 3.44. The van der Waals surface area contributed by atoms with E-state index in [0.29, 0.717) is 5.56 Å². The number of aromatic nitrogens is 2. The lowest BCUT2D eigenvalue weighted by atomic mass is 10.1. The van der Waals surface area contributed by atoms with Gasteiger partial charge >= 0.3 is 0 Å². The van der Waals surface area contributed by atoms with Crippen LogP contribution in [0, 0.1) is 12.7 Å². The lowest BCUT2D eigenvalue weighted by Crippen LogP contribution is -1.96. The van der Waals surface area contributed by atoms with Crippen LogP contribution in [-0.2, 0) is 13.0 Å². The lowest BCUT2D eigenvalue weighted by molar-refractivity contribution is 0.618. The van der Waals surface area contributed by atoms with Crippen molar-refractivity contribution in [2.24, 2.45) is 0 Å².